The molecule has 1 aliphatic heterocycles. The molecule has 0 radical (unpaired) electrons. The van der Waals surface area contributed by atoms with Gasteiger partial charge in [0.1, 0.15) is 45.8 Å². The fourth-order valence-corrected chi connectivity index (χ4v) is 5.89. The molecule has 1 aromatic heterocycles. The van der Waals surface area contributed by atoms with Crippen molar-refractivity contribution >= 4 is 29.1 Å². The Bertz CT molecular complexity index is 1720. The number of thioether (sulfide) groups is 1. The van der Waals surface area contributed by atoms with Gasteiger partial charge in [0.15, 0.2) is 17.3 Å². The highest BCUT2D eigenvalue weighted by molar-refractivity contribution is 7.98. The topological polar surface area (TPSA) is 161 Å². The van der Waals surface area contributed by atoms with Crippen LogP contribution in [0.2, 0.25) is 0 Å². The smallest absolute Gasteiger partial charge is 0.249 e. The van der Waals surface area contributed by atoms with Gasteiger partial charge in [0, 0.05) is 22.9 Å². The Morgan fingerprint density at radius 1 is 1.16 bits per heavy atom. The molecule has 0 amide bonds. The minimum absolute atomic E-state index is 0.0290. The van der Waals surface area contributed by atoms with Crippen molar-refractivity contribution in [3.8, 4) is 34.4 Å². The summed E-state index contributed by atoms with van der Waals surface area (Å²) in [5.74, 6) is -0.671. The zero-order valence-electron chi connectivity index (χ0n) is 24.5. The van der Waals surface area contributed by atoms with Gasteiger partial charge in [-0.1, -0.05) is 5.16 Å². The van der Waals surface area contributed by atoms with Crippen molar-refractivity contribution in [2.75, 3.05) is 19.1 Å². The third-order valence-corrected chi connectivity index (χ3v) is 8.49. The van der Waals surface area contributed by atoms with Crippen LogP contribution in [0.25, 0.3) is 11.4 Å². The van der Waals surface area contributed by atoms with Gasteiger partial charge < -0.3 is 29.5 Å². The Hall–Kier alpha value is -4.58. The molecule has 2 atom stereocenters. The first kappa shape index (κ1) is 29.9. The van der Waals surface area contributed by atoms with Crippen molar-refractivity contribution in [1.82, 2.24) is 15.5 Å². The zero-order chi connectivity index (χ0) is 31.2. The number of ether oxygens (including phenoxy) is 2. The Morgan fingerprint density at radius 3 is 2.49 bits per heavy atom. The van der Waals surface area contributed by atoms with Crippen molar-refractivity contribution in [3.05, 3.63) is 70.0 Å². The van der Waals surface area contributed by atoms with Crippen molar-refractivity contribution < 1.29 is 38.6 Å². The van der Waals surface area contributed by atoms with E-state index in [0.29, 0.717) is 18.0 Å². The van der Waals surface area contributed by atoms with Gasteiger partial charge in [-0.05, 0) is 70.4 Å². The van der Waals surface area contributed by atoms with Crippen LogP contribution in [0.4, 0.5) is 0 Å². The number of Topliss-reactive ketones (excluding diaryl/α,β-unsaturated/α-hetero) is 2. The lowest BCUT2D eigenvalue weighted by Crippen LogP contribution is -2.41. The average molecular weight is 606 g/mol. The number of fused-ring (bicyclic) bond motifs is 3. The van der Waals surface area contributed by atoms with Gasteiger partial charge in [-0.2, -0.15) is 16.7 Å². The molecule has 43 heavy (non-hydrogen) atoms. The van der Waals surface area contributed by atoms with Crippen LogP contribution in [0.3, 0.4) is 0 Å². The zero-order valence-corrected chi connectivity index (χ0v) is 25.3. The summed E-state index contributed by atoms with van der Waals surface area (Å²) in [5.41, 5.74) is -0.858. The van der Waals surface area contributed by atoms with Crippen LogP contribution in [-0.2, 0) is 15.0 Å². The van der Waals surface area contributed by atoms with E-state index in [9.17, 15) is 24.6 Å². The molecule has 224 valence electrons. The largest absolute Gasteiger partial charge is 0.507 e. The number of phenols is 2. The molecule has 0 saturated heterocycles. The highest BCUT2D eigenvalue weighted by Gasteiger charge is 2.56. The maximum Gasteiger partial charge on any atom is 0.249 e. The second-order valence-corrected chi connectivity index (χ2v) is 11.5. The summed E-state index contributed by atoms with van der Waals surface area (Å²) in [5, 5.41) is 29.0. The number of hydrogen-bond acceptors (Lipinski definition) is 12. The van der Waals surface area contributed by atoms with Crippen LogP contribution in [0.1, 0.15) is 60.6 Å². The number of allylic oxidation sites excluding steroid dienone is 4. The number of hydrogen-bond donors (Lipinski definition) is 3. The first-order valence-electron chi connectivity index (χ1n) is 13.5. The molecular formula is C31H31N3O8S. The molecule has 12 heteroatoms. The lowest BCUT2D eigenvalue weighted by atomic mass is 9.70. The van der Waals surface area contributed by atoms with Gasteiger partial charge in [-0.3, -0.25) is 14.4 Å². The fourth-order valence-electron chi connectivity index (χ4n) is 5.42. The first-order valence-corrected chi connectivity index (χ1v) is 14.9. The molecule has 1 aliphatic carbocycles. The molecule has 2 heterocycles. The second kappa shape index (κ2) is 11.3. The summed E-state index contributed by atoms with van der Waals surface area (Å²) in [7, 11) is 1.58. The predicted molar refractivity (Wildman–Crippen MR) is 158 cm³/mol. The Kier molecular flexibility index (Phi) is 7.82. The molecular weight excluding hydrogens is 574 g/mol. The lowest BCUT2D eigenvalue weighted by molar-refractivity contribution is -0.123. The average Bonchev–Trinajstić information content (AvgIpc) is 3.58. The normalized spacial score (nSPS) is 19.3. The molecule has 11 nitrogen and oxygen atoms in total. The summed E-state index contributed by atoms with van der Waals surface area (Å²) in [4.78, 5) is 44.6. The Labute approximate surface area is 252 Å². The summed E-state index contributed by atoms with van der Waals surface area (Å²) in [6.07, 6.45) is 3.69. The number of rotatable bonds is 9. The van der Waals surface area contributed by atoms with Crippen LogP contribution < -0.4 is 14.8 Å². The molecule has 0 fully saturated rings. The van der Waals surface area contributed by atoms with Crippen LogP contribution in [0.15, 0.2) is 51.9 Å². The van der Waals surface area contributed by atoms with Crippen LogP contribution in [-0.4, -0.2) is 56.8 Å². The highest BCUT2D eigenvalue weighted by atomic mass is 32.2. The standard InChI is InChI=1S/C31H31N3O8S/c1-14-25(37)23(16(3)35)27-24(26(14)38)31(4)21(41-27)13-20(36)22(28(31)39)15(2)32-19(11-12-43-6)30-33-29(34-42-30)17-7-9-18(40-5)10-8-17/h7-10,13,19,32,37-38H,11-12H2,1-6H3/b22-15+/t19-,31+/m1/s1. The van der Waals surface area contributed by atoms with Gasteiger partial charge >= 0.3 is 0 Å². The minimum Gasteiger partial charge on any atom is -0.507 e. The predicted octanol–water partition coefficient (Wildman–Crippen LogP) is 4.71. The van der Waals surface area contributed by atoms with E-state index in [1.54, 1.807) is 37.9 Å². The number of aromatic hydroxyl groups is 2. The van der Waals surface area contributed by atoms with E-state index >= 15 is 0 Å². The number of carbonyl (C=O) groups excluding carboxylic acids is 3. The molecule has 0 bridgehead atoms. The van der Waals surface area contributed by atoms with Gasteiger partial charge in [-0.25, -0.2) is 0 Å². The number of nitrogens with one attached hydrogen (secondary N) is 1. The second-order valence-electron chi connectivity index (χ2n) is 10.5. The molecule has 2 aromatic carbocycles. The van der Waals surface area contributed by atoms with Crippen LogP contribution in [0.5, 0.6) is 23.0 Å². The van der Waals surface area contributed by atoms with Crippen LogP contribution >= 0.6 is 11.8 Å². The lowest BCUT2D eigenvalue weighted by Gasteiger charge is -2.29. The molecule has 5 rings (SSSR count). The van der Waals surface area contributed by atoms with Gasteiger partial charge in [0.2, 0.25) is 11.7 Å². The van der Waals surface area contributed by atoms with E-state index in [1.807, 2.05) is 18.4 Å². The van der Waals surface area contributed by atoms with Gasteiger partial charge in [0.05, 0.1) is 18.2 Å². The van der Waals surface area contributed by atoms with E-state index in [-0.39, 0.29) is 51.1 Å². The fraction of sp³-hybridized carbons (Fsp3) is 0.323. The monoisotopic (exact) mass is 605 g/mol. The van der Waals surface area contributed by atoms with E-state index in [2.05, 4.69) is 15.5 Å². The van der Waals surface area contributed by atoms with E-state index in [4.69, 9.17) is 14.0 Å². The van der Waals surface area contributed by atoms with E-state index in [1.165, 1.54) is 26.8 Å². The van der Waals surface area contributed by atoms with Crippen LogP contribution in [0, 0.1) is 6.92 Å². The van der Waals surface area contributed by atoms with Crippen molar-refractivity contribution in [2.45, 2.75) is 45.6 Å². The number of benzene rings is 2. The number of methoxy groups -OCH3 is 1. The maximum absolute atomic E-state index is 14.2. The van der Waals surface area contributed by atoms with E-state index < -0.39 is 34.6 Å². The number of nitrogens with zero attached hydrogens (tertiary/aromatic N) is 2. The summed E-state index contributed by atoms with van der Waals surface area (Å²) in [6, 6.07) is 6.67. The molecule has 0 unspecified atom stereocenters. The minimum atomic E-state index is -1.62. The van der Waals surface area contributed by atoms with Gasteiger partial charge in [0.25, 0.3) is 0 Å². The summed E-state index contributed by atoms with van der Waals surface area (Å²) >= 11 is 1.61. The third kappa shape index (κ3) is 4.85. The Morgan fingerprint density at radius 2 is 1.86 bits per heavy atom. The van der Waals surface area contributed by atoms with Crippen molar-refractivity contribution in [3.63, 3.8) is 0 Å². The van der Waals surface area contributed by atoms with Crippen molar-refractivity contribution in [2.24, 2.45) is 0 Å². The maximum atomic E-state index is 14.2. The van der Waals surface area contributed by atoms with Crippen molar-refractivity contribution in [1.29, 1.82) is 0 Å². The first-order chi connectivity index (χ1) is 20.4. The number of ketones is 3. The molecule has 0 saturated carbocycles. The SMILES string of the molecule is COc1ccc(-c2noc([C@@H](CCSC)N/C(C)=C3\C(=O)C=C4Oc5c(C(C)=O)c(O)c(C)c(O)c5[C@@]4(C)C3=O)n2)cc1. The summed E-state index contributed by atoms with van der Waals surface area (Å²) in [6.45, 7) is 5.81. The summed E-state index contributed by atoms with van der Waals surface area (Å²) < 4.78 is 16.7. The highest BCUT2D eigenvalue weighted by Crippen LogP contribution is 2.57. The molecule has 2 aliphatic rings. The molecule has 0 spiro atoms. The quantitative estimate of drug-likeness (QED) is 0.175. The van der Waals surface area contributed by atoms with E-state index in [0.717, 1.165) is 11.3 Å². The number of aromatic nitrogens is 2. The Balaban J connectivity index is 1.54. The molecule has 3 aromatic rings. The van der Waals surface area contributed by atoms with Gasteiger partial charge in [-0.15, -0.1) is 0 Å². The third-order valence-electron chi connectivity index (χ3n) is 7.85. The number of carbonyl (C=O) groups is 3. The molecule has 3 N–H and O–H groups in total. The number of phenolic OH excluding ortho intramolecular Hbond substituents is 2.